The zero-order valence-corrected chi connectivity index (χ0v) is 26.1. The van der Waals surface area contributed by atoms with Gasteiger partial charge in [-0.1, -0.05) is 78.3 Å². The maximum absolute atomic E-state index is 14.8. The minimum Gasteiger partial charge on any atom is -0.458 e. The van der Waals surface area contributed by atoms with Crippen molar-refractivity contribution >= 4 is 35.2 Å². The average Bonchev–Trinajstić information content (AvgIpc) is 3.14. The molecular weight excluding hydrogens is 586 g/mol. The number of amides is 3. The molecule has 0 radical (unpaired) electrons. The van der Waals surface area contributed by atoms with Crippen molar-refractivity contribution in [3.8, 4) is 0 Å². The molecule has 3 aromatic rings. The number of nitrogens with zero attached hydrogens (tertiary/aromatic N) is 2. The molecule has 1 saturated heterocycles. The number of halogens is 1. The number of carbonyl (C=O) groups is 3. The molecule has 1 heterocycles. The van der Waals surface area contributed by atoms with Gasteiger partial charge in [0, 0.05) is 10.7 Å². The molecule has 4 bridgehead atoms. The molecule has 3 atom stereocenters. The Balaban J connectivity index is 1.27. The van der Waals surface area contributed by atoms with Crippen LogP contribution in [-0.4, -0.2) is 41.0 Å². The van der Waals surface area contributed by atoms with Crippen molar-refractivity contribution in [3.63, 3.8) is 0 Å². The van der Waals surface area contributed by atoms with Crippen LogP contribution < -0.4 is 10.6 Å². The average molecular weight is 626 g/mol. The zero-order chi connectivity index (χ0) is 31.1. The number of anilines is 1. The molecule has 1 aliphatic heterocycles. The standard InChI is InChI=1S/C37H40ClN3O4/c38-30-12-7-13-31(19-30)41(36(39)44)33-18-29(27-8-3-1-4-9-27)17-32(28-10-5-2-6-11-28)40(35(33)43)23-34(42)45-37-20-24-14-25(21-37)16-26(15-24)22-37/h1-13,19,24-26,29,32-33H,14-18,20-23H2,(H2,39,44). The Labute approximate surface area is 269 Å². The van der Waals surface area contributed by atoms with Crippen molar-refractivity contribution in [3.05, 3.63) is 101 Å². The third kappa shape index (κ3) is 6.07. The summed E-state index contributed by atoms with van der Waals surface area (Å²) < 4.78 is 6.43. The third-order valence-corrected chi connectivity index (χ3v) is 10.9. The number of primary amides is 1. The van der Waals surface area contributed by atoms with E-state index in [9.17, 15) is 14.4 Å². The maximum Gasteiger partial charge on any atom is 0.326 e. The number of hydrogen-bond acceptors (Lipinski definition) is 4. The van der Waals surface area contributed by atoms with E-state index in [1.54, 1.807) is 29.2 Å². The molecule has 3 unspecified atom stereocenters. The second-order valence-electron chi connectivity index (χ2n) is 13.8. The largest absolute Gasteiger partial charge is 0.458 e. The molecule has 7 nitrogen and oxygen atoms in total. The van der Waals surface area contributed by atoms with Gasteiger partial charge in [0.15, 0.2) is 0 Å². The summed E-state index contributed by atoms with van der Waals surface area (Å²) >= 11 is 6.34. The van der Waals surface area contributed by atoms with E-state index in [-0.39, 0.29) is 24.3 Å². The molecule has 2 N–H and O–H groups in total. The van der Waals surface area contributed by atoms with Gasteiger partial charge in [0.05, 0.1) is 6.04 Å². The Morgan fingerprint density at radius 3 is 2.00 bits per heavy atom. The lowest BCUT2D eigenvalue weighted by atomic mass is 9.54. The Morgan fingerprint density at radius 1 is 0.822 bits per heavy atom. The van der Waals surface area contributed by atoms with Gasteiger partial charge in [0.2, 0.25) is 5.91 Å². The van der Waals surface area contributed by atoms with E-state index in [2.05, 4.69) is 12.1 Å². The Kier molecular flexibility index (Phi) is 8.07. The maximum atomic E-state index is 14.8. The number of likely N-dealkylation sites (tertiary alicyclic amines) is 1. The van der Waals surface area contributed by atoms with E-state index < -0.39 is 23.7 Å². The summed E-state index contributed by atoms with van der Waals surface area (Å²) in [6.45, 7) is -0.194. The molecule has 4 aliphatic carbocycles. The fraction of sp³-hybridized carbons (Fsp3) is 0.432. The van der Waals surface area contributed by atoms with Crippen LogP contribution in [0.4, 0.5) is 10.5 Å². The number of carbonyl (C=O) groups excluding carboxylic acids is 3. The van der Waals surface area contributed by atoms with E-state index >= 15 is 0 Å². The van der Waals surface area contributed by atoms with E-state index in [1.807, 2.05) is 48.5 Å². The topological polar surface area (TPSA) is 92.9 Å². The SMILES string of the molecule is NC(=O)N(c1cccc(Cl)c1)C1CC(c2ccccc2)CC(c2ccccc2)N(CC(=O)OC23CC4CC(CC(C4)C2)C3)C1=O. The lowest BCUT2D eigenvalue weighted by Crippen LogP contribution is -2.55. The number of benzene rings is 3. The molecule has 4 saturated carbocycles. The molecular formula is C37H40ClN3O4. The minimum atomic E-state index is -0.952. The van der Waals surface area contributed by atoms with E-state index in [4.69, 9.17) is 22.1 Å². The van der Waals surface area contributed by atoms with E-state index in [1.165, 1.54) is 24.2 Å². The van der Waals surface area contributed by atoms with Gasteiger partial charge in [-0.3, -0.25) is 14.5 Å². The van der Waals surface area contributed by atoms with Crippen LogP contribution in [0.15, 0.2) is 84.9 Å². The molecule has 5 aliphatic rings. The first-order chi connectivity index (χ1) is 21.8. The highest BCUT2D eigenvalue weighted by atomic mass is 35.5. The smallest absolute Gasteiger partial charge is 0.326 e. The number of nitrogens with two attached hydrogens (primary N) is 1. The van der Waals surface area contributed by atoms with Gasteiger partial charge in [-0.05, 0) is 104 Å². The van der Waals surface area contributed by atoms with Crippen LogP contribution in [0.1, 0.15) is 74.5 Å². The number of esters is 1. The van der Waals surface area contributed by atoms with Crippen LogP contribution in [0.2, 0.25) is 5.02 Å². The monoisotopic (exact) mass is 625 g/mol. The Hall–Kier alpha value is -3.84. The van der Waals surface area contributed by atoms with Gasteiger partial charge in [0.1, 0.15) is 18.2 Å². The second-order valence-corrected chi connectivity index (χ2v) is 14.2. The van der Waals surface area contributed by atoms with Gasteiger partial charge in [0.25, 0.3) is 0 Å². The quantitative estimate of drug-likeness (QED) is 0.280. The summed E-state index contributed by atoms with van der Waals surface area (Å²) in [5.74, 6) is 1.06. The second kappa shape index (κ2) is 12.2. The summed E-state index contributed by atoms with van der Waals surface area (Å²) in [4.78, 5) is 45.0. The Morgan fingerprint density at radius 2 is 1.42 bits per heavy atom. The predicted molar refractivity (Wildman–Crippen MR) is 174 cm³/mol. The van der Waals surface area contributed by atoms with Crippen LogP contribution in [0.5, 0.6) is 0 Å². The van der Waals surface area contributed by atoms with Gasteiger partial charge < -0.3 is 15.4 Å². The van der Waals surface area contributed by atoms with Gasteiger partial charge in [-0.15, -0.1) is 0 Å². The number of urea groups is 1. The molecule has 5 fully saturated rings. The molecule has 0 aromatic heterocycles. The summed E-state index contributed by atoms with van der Waals surface area (Å²) in [7, 11) is 0. The first-order valence-electron chi connectivity index (χ1n) is 16.2. The van der Waals surface area contributed by atoms with Crippen molar-refractivity contribution in [1.29, 1.82) is 0 Å². The minimum absolute atomic E-state index is 0.101. The number of rotatable bonds is 7. The summed E-state index contributed by atoms with van der Waals surface area (Å²) in [5, 5.41) is 0.428. The zero-order valence-electron chi connectivity index (χ0n) is 25.4. The molecule has 3 amide bonds. The molecule has 234 valence electrons. The first-order valence-corrected chi connectivity index (χ1v) is 16.6. The summed E-state index contributed by atoms with van der Waals surface area (Å²) in [6, 6.07) is 24.6. The van der Waals surface area contributed by atoms with Gasteiger partial charge >= 0.3 is 12.0 Å². The first kappa shape index (κ1) is 29.8. The highest BCUT2D eigenvalue weighted by molar-refractivity contribution is 6.31. The Bertz CT molecular complexity index is 1530. The predicted octanol–water partition coefficient (Wildman–Crippen LogP) is 7.25. The van der Waals surface area contributed by atoms with Crippen LogP contribution >= 0.6 is 11.6 Å². The van der Waals surface area contributed by atoms with Crippen LogP contribution in [-0.2, 0) is 14.3 Å². The molecule has 45 heavy (non-hydrogen) atoms. The highest BCUT2D eigenvalue weighted by Gasteiger charge is 2.53. The third-order valence-electron chi connectivity index (χ3n) is 10.7. The van der Waals surface area contributed by atoms with Crippen LogP contribution in [0.3, 0.4) is 0 Å². The highest BCUT2D eigenvalue weighted by Crippen LogP contribution is 2.57. The normalized spacial score (nSPS) is 30.5. The van der Waals surface area contributed by atoms with Crippen molar-refractivity contribution in [2.24, 2.45) is 23.5 Å². The number of ether oxygens (including phenoxy) is 1. The molecule has 8 heteroatoms. The van der Waals surface area contributed by atoms with E-state index in [0.717, 1.165) is 30.4 Å². The van der Waals surface area contributed by atoms with Crippen molar-refractivity contribution in [1.82, 2.24) is 4.90 Å². The van der Waals surface area contributed by atoms with Crippen molar-refractivity contribution in [2.75, 3.05) is 11.4 Å². The molecule has 8 rings (SSSR count). The van der Waals surface area contributed by atoms with Crippen molar-refractivity contribution < 1.29 is 19.1 Å². The van der Waals surface area contributed by atoms with Crippen LogP contribution in [0, 0.1) is 17.8 Å². The lowest BCUT2D eigenvalue weighted by Gasteiger charge is -2.55. The van der Waals surface area contributed by atoms with Gasteiger partial charge in [-0.25, -0.2) is 4.79 Å². The fourth-order valence-corrected chi connectivity index (χ4v) is 9.44. The van der Waals surface area contributed by atoms with Crippen molar-refractivity contribution in [2.45, 2.75) is 75.0 Å². The summed E-state index contributed by atoms with van der Waals surface area (Å²) in [6.07, 6.45) is 7.40. The van der Waals surface area contributed by atoms with Gasteiger partial charge in [-0.2, -0.15) is 0 Å². The molecule has 3 aromatic carbocycles. The lowest BCUT2D eigenvalue weighted by molar-refractivity contribution is -0.189. The molecule has 0 spiro atoms. The summed E-state index contributed by atoms with van der Waals surface area (Å²) in [5.41, 5.74) is 8.03. The number of hydrogen-bond donors (Lipinski definition) is 1. The van der Waals surface area contributed by atoms with Crippen LogP contribution in [0.25, 0.3) is 0 Å². The van der Waals surface area contributed by atoms with E-state index in [0.29, 0.717) is 41.3 Å². The fourth-order valence-electron chi connectivity index (χ4n) is 9.26.